The quantitative estimate of drug-likeness (QED) is 0.841. The normalized spacial score (nSPS) is 19.5. The lowest BCUT2D eigenvalue weighted by molar-refractivity contribution is 0.451. The van der Waals surface area contributed by atoms with Gasteiger partial charge in [-0.15, -0.1) is 0 Å². The Bertz CT molecular complexity index is 621. The number of aromatic nitrogens is 1. The van der Waals surface area contributed by atoms with Crippen LogP contribution in [0.15, 0.2) is 24.4 Å². The highest BCUT2D eigenvalue weighted by Gasteiger charge is 2.22. The number of hydrogen-bond acceptors (Lipinski definition) is 3. The molecule has 2 aromatic rings. The first kappa shape index (κ1) is 13.2. The maximum atomic E-state index is 6.11. The molecule has 3 nitrogen and oxygen atoms in total. The van der Waals surface area contributed by atoms with Crippen LogP contribution < -0.4 is 10.6 Å². The number of nitrogen functional groups attached to an aromatic ring is 1. The Morgan fingerprint density at radius 2 is 2.15 bits per heavy atom. The van der Waals surface area contributed by atoms with E-state index in [1.807, 2.05) is 19.2 Å². The lowest BCUT2D eigenvalue weighted by atomic mass is 9.97. The third-order valence-electron chi connectivity index (χ3n) is 4.46. The SMILES string of the molecule is CCC1CCCCN1c1ccc(N)c2cnc(C)cc12. The number of nitrogens with zero attached hydrogens (tertiary/aromatic N) is 2. The summed E-state index contributed by atoms with van der Waals surface area (Å²) in [6, 6.07) is 7.03. The molecular weight excluding hydrogens is 246 g/mol. The molecule has 0 saturated carbocycles. The van der Waals surface area contributed by atoms with Crippen molar-refractivity contribution in [1.29, 1.82) is 0 Å². The van der Waals surface area contributed by atoms with Crippen LogP contribution in [0, 0.1) is 6.92 Å². The number of piperidine rings is 1. The molecule has 106 valence electrons. The van der Waals surface area contributed by atoms with E-state index in [1.54, 1.807) is 0 Å². The van der Waals surface area contributed by atoms with Gasteiger partial charge in [-0.3, -0.25) is 4.98 Å². The molecule has 1 atom stereocenters. The summed E-state index contributed by atoms with van der Waals surface area (Å²) in [5, 5.41) is 2.33. The first-order valence-corrected chi connectivity index (χ1v) is 7.62. The molecule has 0 radical (unpaired) electrons. The van der Waals surface area contributed by atoms with Crippen LogP contribution in [-0.2, 0) is 0 Å². The average molecular weight is 269 g/mol. The van der Waals surface area contributed by atoms with E-state index in [4.69, 9.17) is 5.73 Å². The second-order valence-corrected chi connectivity index (χ2v) is 5.80. The number of fused-ring (bicyclic) bond motifs is 1. The average Bonchev–Trinajstić information content (AvgIpc) is 2.47. The Labute approximate surface area is 120 Å². The molecule has 1 aromatic heterocycles. The number of nitrogens with two attached hydrogens (primary N) is 1. The van der Waals surface area contributed by atoms with Gasteiger partial charge in [0.2, 0.25) is 0 Å². The molecule has 0 spiro atoms. The van der Waals surface area contributed by atoms with E-state index in [1.165, 1.54) is 36.8 Å². The van der Waals surface area contributed by atoms with Gasteiger partial charge in [-0.25, -0.2) is 0 Å². The van der Waals surface area contributed by atoms with Crippen LogP contribution in [0.1, 0.15) is 38.3 Å². The highest BCUT2D eigenvalue weighted by molar-refractivity contribution is 6.01. The van der Waals surface area contributed by atoms with Gasteiger partial charge in [-0.1, -0.05) is 6.92 Å². The molecule has 0 aliphatic carbocycles. The predicted molar refractivity (Wildman–Crippen MR) is 86.2 cm³/mol. The maximum Gasteiger partial charge on any atom is 0.0451 e. The fraction of sp³-hybridized carbons (Fsp3) is 0.471. The van der Waals surface area contributed by atoms with Crippen molar-refractivity contribution >= 4 is 22.1 Å². The van der Waals surface area contributed by atoms with Crippen LogP contribution in [-0.4, -0.2) is 17.6 Å². The molecule has 3 rings (SSSR count). The zero-order valence-corrected chi connectivity index (χ0v) is 12.4. The summed E-state index contributed by atoms with van der Waals surface area (Å²) in [4.78, 5) is 6.97. The molecule has 20 heavy (non-hydrogen) atoms. The molecule has 1 unspecified atom stereocenters. The lowest BCUT2D eigenvalue weighted by Crippen LogP contribution is -2.39. The van der Waals surface area contributed by atoms with Gasteiger partial charge in [0, 0.05) is 46.6 Å². The number of anilines is 2. The van der Waals surface area contributed by atoms with Crippen molar-refractivity contribution in [3.63, 3.8) is 0 Å². The second kappa shape index (κ2) is 5.31. The van der Waals surface area contributed by atoms with E-state index in [9.17, 15) is 0 Å². The van der Waals surface area contributed by atoms with E-state index in [-0.39, 0.29) is 0 Å². The molecule has 1 aliphatic heterocycles. The van der Waals surface area contributed by atoms with Gasteiger partial charge in [0.15, 0.2) is 0 Å². The Morgan fingerprint density at radius 3 is 2.95 bits per heavy atom. The van der Waals surface area contributed by atoms with Gasteiger partial charge < -0.3 is 10.6 Å². The molecule has 0 amide bonds. The minimum absolute atomic E-state index is 0.657. The molecular formula is C17H23N3. The first-order chi connectivity index (χ1) is 9.70. The van der Waals surface area contributed by atoms with Crippen LogP contribution in [0.4, 0.5) is 11.4 Å². The predicted octanol–water partition coefficient (Wildman–Crippen LogP) is 3.89. The Kier molecular flexibility index (Phi) is 3.51. The number of pyridine rings is 1. The summed E-state index contributed by atoms with van der Waals surface area (Å²) in [6.07, 6.45) is 7.05. The maximum absolute atomic E-state index is 6.11. The highest BCUT2D eigenvalue weighted by Crippen LogP contribution is 2.35. The van der Waals surface area contributed by atoms with E-state index in [2.05, 4.69) is 28.9 Å². The highest BCUT2D eigenvalue weighted by atomic mass is 15.2. The van der Waals surface area contributed by atoms with E-state index in [0.717, 1.165) is 23.3 Å². The van der Waals surface area contributed by atoms with Crippen LogP contribution in [0.25, 0.3) is 10.8 Å². The first-order valence-electron chi connectivity index (χ1n) is 7.62. The fourth-order valence-corrected chi connectivity index (χ4v) is 3.34. The van der Waals surface area contributed by atoms with Gasteiger partial charge >= 0.3 is 0 Å². The van der Waals surface area contributed by atoms with Gasteiger partial charge in [-0.05, 0) is 50.8 Å². The van der Waals surface area contributed by atoms with Crippen LogP contribution in [0.5, 0.6) is 0 Å². The summed E-state index contributed by atoms with van der Waals surface area (Å²) in [7, 11) is 0. The van der Waals surface area contributed by atoms with E-state index >= 15 is 0 Å². The molecule has 1 saturated heterocycles. The molecule has 2 N–H and O–H groups in total. The molecule has 1 fully saturated rings. The van der Waals surface area contributed by atoms with Crippen molar-refractivity contribution in [1.82, 2.24) is 4.98 Å². The standard InChI is InChI=1S/C17H23N3/c1-3-13-6-4-5-9-20(13)17-8-7-16(18)15-11-19-12(2)10-14(15)17/h7-8,10-11,13H,3-6,9,18H2,1-2H3. The topological polar surface area (TPSA) is 42.1 Å². The number of aryl methyl sites for hydroxylation is 1. The smallest absolute Gasteiger partial charge is 0.0451 e. The van der Waals surface area contributed by atoms with Gasteiger partial charge in [0.25, 0.3) is 0 Å². The van der Waals surface area contributed by atoms with Crippen molar-refractivity contribution in [3.05, 3.63) is 30.1 Å². The minimum atomic E-state index is 0.657. The Hall–Kier alpha value is -1.77. The number of hydrogen-bond donors (Lipinski definition) is 1. The van der Waals surface area contributed by atoms with Crippen molar-refractivity contribution < 1.29 is 0 Å². The zero-order chi connectivity index (χ0) is 14.1. The fourth-order valence-electron chi connectivity index (χ4n) is 3.34. The van der Waals surface area contributed by atoms with Crippen molar-refractivity contribution in [2.75, 3.05) is 17.2 Å². The largest absolute Gasteiger partial charge is 0.398 e. The molecule has 3 heteroatoms. The van der Waals surface area contributed by atoms with Crippen LogP contribution >= 0.6 is 0 Å². The van der Waals surface area contributed by atoms with Crippen molar-refractivity contribution in [2.24, 2.45) is 0 Å². The molecule has 0 bridgehead atoms. The van der Waals surface area contributed by atoms with Crippen molar-refractivity contribution in [3.8, 4) is 0 Å². The van der Waals surface area contributed by atoms with Crippen LogP contribution in [0.2, 0.25) is 0 Å². The van der Waals surface area contributed by atoms with Gasteiger partial charge in [0.05, 0.1) is 0 Å². The summed E-state index contributed by atoms with van der Waals surface area (Å²) < 4.78 is 0. The number of rotatable bonds is 2. The Balaban J connectivity index is 2.15. The molecule has 2 heterocycles. The minimum Gasteiger partial charge on any atom is -0.398 e. The van der Waals surface area contributed by atoms with Gasteiger partial charge in [-0.2, -0.15) is 0 Å². The summed E-state index contributed by atoms with van der Waals surface area (Å²) in [5.74, 6) is 0. The molecule has 1 aromatic carbocycles. The third kappa shape index (κ3) is 2.21. The van der Waals surface area contributed by atoms with E-state index in [0.29, 0.717) is 6.04 Å². The lowest BCUT2D eigenvalue weighted by Gasteiger charge is -2.38. The number of benzene rings is 1. The second-order valence-electron chi connectivity index (χ2n) is 5.80. The molecule has 1 aliphatic rings. The third-order valence-corrected chi connectivity index (χ3v) is 4.46. The van der Waals surface area contributed by atoms with Gasteiger partial charge in [0.1, 0.15) is 0 Å². The van der Waals surface area contributed by atoms with Crippen LogP contribution in [0.3, 0.4) is 0 Å². The summed E-state index contributed by atoms with van der Waals surface area (Å²) >= 11 is 0. The Morgan fingerprint density at radius 1 is 1.30 bits per heavy atom. The summed E-state index contributed by atoms with van der Waals surface area (Å²) in [5.41, 5.74) is 9.31. The van der Waals surface area contributed by atoms with E-state index < -0.39 is 0 Å². The monoisotopic (exact) mass is 269 g/mol. The zero-order valence-electron chi connectivity index (χ0n) is 12.4. The van der Waals surface area contributed by atoms with Crippen molar-refractivity contribution in [2.45, 2.75) is 45.6 Å². The summed E-state index contributed by atoms with van der Waals surface area (Å²) in [6.45, 7) is 5.48.